The predicted molar refractivity (Wildman–Crippen MR) is 74.8 cm³/mol. The molecule has 90 valence electrons. The molecule has 1 aromatic carbocycles. The molecule has 1 atom stereocenters. The number of nitrogens with zero attached hydrogens (tertiary/aromatic N) is 1. The van der Waals surface area contributed by atoms with E-state index >= 15 is 0 Å². The lowest BCUT2D eigenvalue weighted by molar-refractivity contribution is 0.890. The predicted octanol–water partition coefficient (Wildman–Crippen LogP) is 4.24. The van der Waals surface area contributed by atoms with Crippen molar-refractivity contribution in [3.05, 3.63) is 45.4 Å². The number of benzene rings is 1. The Kier molecular flexibility index (Phi) is 3.48. The van der Waals surface area contributed by atoms with E-state index in [0.717, 1.165) is 5.69 Å². The van der Waals surface area contributed by atoms with Crippen LogP contribution in [0.1, 0.15) is 34.7 Å². The average Bonchev–Trinajstić information content (AvgIpc) is 2.70. The number of thiazole rings is 1. The molecule has 17 heavy (non-hydrogen) atoms. The van der Waals surface area contributed by atoms with Gasteiger partial charge in [0, 0.05) is 10.6 Å². The second-order valence-corrected chi connectivity index (χ2v) is 5.35. The van der Waals surface area contributed by atoms with E-state index < -0.39 is 0 Å². The summed E-state index contributed by atoms with van der Waals surface area (Å²) in [6.45, 7) is 8.51. The Morgan fingerprint density at radius 3 is 2.53 bits per heavy atom. The number of nitrogens with one attached hydrogen (secondary N) is 1. The van der Waals surface area contributed by atoms with Gasteiger partial charge in [0.05, 0.1) is 17.2 Å². The number of aromatic nitrogens is 1. The molecule has 0 aliphatic heterocycles. The number of hydrogen-bond acceptors (Lipinski definition) is 3. The molecule has 0 radical (unpaired) electrons. The third kappa shape index (κ3) is 2.67. The smallest absolute Gasteiger partial charge is 0.0798 e. The van der Waals surface area contributed by atoms with Gasteiger partial charge in [0.2, 0.25) is 0 Å². The van der Waals surface area contributed by atoms with Crippen LogP contribution < -0.4 is 5.32 Å². The Hall–Kier alpha value is -1.35. The number of aryl methyl sites for hydroxylation is 3. The summed E-state index contributed by atoms with van der Waals surface area (Å²) in [4.78, 5) is 5.60. The monoisotopic (exact) mass is 246 g/mol. The van der Waals surface area contributed by atoms with Gasteiger partial charge in [-0.2, -0.15) is 0 Å². The SMILES string of the molecule is Cc1ccc(NC(C)c2scnc2C)cc1C. The van der Waals surface area contributed by atoms with E-state index in [0.29, 0.717) is 6.04 Å². The van der Waals surface area contributed by atoms with Crippen LogP contribution in [0.3, 0.4) is 0 Å². The minimum atomic E-state index is 0.310. The Balaban J connectivity index is 2.16. The number of rotatable bonds is 3. The molecule has 1 N–H and O–H groups in total. The standard InChI is InChI=1S/C14H18N2S/c1-9-5-6-13(7-10(9)2)16-12(4)14-11(3)15-8-17-14/h5-8,12,16H,1-4H3. The molecule has 2 rings (SSSR count). The highest BCUT2D eigenvalue weighted by Crippen LogP contribution is 2.25. The highest BCUT2D eigenvalue weighted by atomic mass is 32.1. The van der Waals surface area contributed by atoms with E-state index in [1.807, 2.05) is 5.51 Å². The van der Waals surface area contributed by atoms with Gasteiger partial charge in [0.15, 0.2) is 0 Å². The molecule has 2 nitrogen and oxygen atoms in total. The largest absolute Gasteiger partial charge is 0.378 e. The molecule has 0 saturated carbocycles. The van der Waals surface area contributed by atoms with E-state index in [2.05, 4.69) is 56.2 Å². The molecule has 2 aromatic rings. The summed E-state index contributed by atoms with van der Waals surface area (Å²) in [5.74, 6) is 0. The molecule has 0 saturated heterocycles. The van der Waals surface area contributed by atoms with E-state index in [4.69, 9.17) is 0 Å². The summed E-state index contributed by atoms with van der Waals surface area (Å²) in [6.07, 6.45) is 0. The molecule has 0 amide bonds. The maximum absolute atomic E-state index is 4.29. The van der Waals surface area contributed by atoms with E-state index in [-0.39, 0.29) is 0 Å². The fourth-order valence-corrected chi connectivity index (χ4v) is 2.68. The molecule has 0 spiro atoms. The van der Waals surface area contributed by atoms with Crippen LogP contribution in [0.25, 0.3) is 0 Å². The molecular formula is C14H18N2S. The van der Waals surface area contributed by atoms with Crippen LogP contribution in [-0.2, 0) is 0 Å². The molecule has 0 aliphatic carbocycles. The quantitative estimate of drug-likeness (QED) is 0.876. The third-order valence-corrected chi connectivity index (χ3v) is 4.18. The Labute approximate surface area is 107 Å². The molecule has 0 fully saturated rings. The van der Waals surface area contributed by atoms with Crippen molar-refractivity contribution in [2.75, 3.05) is 5.32 Å². The number of hydrogen-bond donors (Lipinski definition) is 1. The summed E-state index contributed by atoms with van der Waals surface area (Å²) in [5, 5.41) is 3.52. The molecule has 1 unspecified atom stereocenters. The Morgan fingerprint density at radius 1 is 1.18 bits per heavy atom. The maximum atomic E-state index is 4.29. The van der Waals surface area contributed by atoms with E-state index in [1.165, 1.54) is 21.7 Å². The molecular weight excluding hydrogens is 228 g/mol. The summed E-state index contributed by atoms with van der Waals surface area (Å²) in [6, 6.07) is 6.80. The second kappa shape index (κ2) is 4.88. The minimum absolute atomic E-state index is 0.310. The van der Waals surface area contributed by atoms with Crippen LogP contribution >= 0.6 is 11.3 Å². The van der Waals surface area contributed by atoms with Crippen molar-refractivity contribution in [2.45, 2.75) is 33.7 Å². The third-order valence-electron chi connectivity index (χ3n) is 3.07. The first-order valence-corrected chi connectivity index (χ1v) is 6.69. The van der Waals surface area contributed by atoms with Gasteiger partial charge in [-0.3, -0.25) is 0 Å². The average molecular weight is 246 g/mol. The van der Waals surface area contributed by atoms with Crippen molar-refractivity contribution in [3.8, 4) is 0 Å². The van der Waals surface area contributed by atoms with Crippen molar-refractivity contribution in [1.29, 1.82) is 0 Å². The summed E-state index contributed by atoms with van der Waals surface area (Å²) in [5.41, 5.74) is 6.86. The van der Waals surface area contributed by atoms with Gasteiger partial charge in [-0.25, -0.2) is 4.98 Å². The molecule has 0 aliphatic rings. The van der Waals surface area contributed by atoms with E-state index in [9.17, 15) is 0 Å². The van der Waals surface area contributed by atoms with E-state index in [1.54, 1.807) is 11.3 Å². The van der Waals surface area contributed by atoms with Gasteiger partial charge in [-0.1, -0.05) is 6.07 Å². The van der Waals surface area contributed by atoms with Crippen molar-refractivity contribution >= 4 is 17.0 Å². The van der Waals surface area contributed by atoms with Gasteiger partial charge in [0.25, 0.3) is 0 Å². The van der Waals surface area contributed by atoms with Crippen molar-refractivity contribution in [3.63, 3.8) is 0 Å². The number of anilines is 1. The van der Waals surface area contributed by atoms with Crippen LogP contribution in [0.15, 0.2) is 23.7 Å². The fraction of sp³-hybridized carbons (Fsp3) is 0.357. The highest BCUT2D eigenvalue weighted by Gasteiger charge is 2.10. The highest BCUT2D eigenvalue weighted by molar-refractivity contribution is 7.09. The second-order valence-electron chi connectivity index (χ2n) is 4.47. The zero-order valence-electron chi connectivity index (χ0n) is 10.7. The summed E-state index contributed by atoms with van der Waals surface area (Å²) >= 11 is 1.71. The van der Waals surface area contributed by atoms with Crippen LogP contribution in [0.5, 0.6) is 0 Å². The van der Waals surface area contributed by atoms with Gasteiger partial charge < -0.3 is 5.32 Å². The Bertz CT molecular complexity index is 517. The van der Waals surface area contributed by atoms with Gasteiger partial charge in [-0.05, 0) is 51.0 Å². The van der Waals surface area contributed by atoms with Gasteiger partial charge in [-0.15, -0.1) is 11.3 Å². The zero-order chi connectivity index (χ0) is 12.4. The first-order valence-electron chi connectivity index (χ1n) is 5.81. The van der Waals surface area contributed by atoms with Crippen LogP contribution in [0.2, 0.25) is 0 Å². The van der Waals surface area contributed by atoms with Crippen LogP contribution in [0.4, 0.5) is 5.69 Å². The molecule has 1 heterocycles. The van der Waals surface area contributed by atoms with Crippen molar-refractivity contribution in [1.82, 2.24) is 4.98 Å². The van der Waals surface area contributed by atoms with Crippen molar-refractivity contribution in [2.24, 2.45) is 0 Å². The first kappa shape index (κ1) is 12.1. The van der Waals surface area contributed by atoms with Gasteiger partial charge in [0.1, 0.15) is 0 Å². The normalized spacial score (nSPS) is 12.5. The lowest BCUT2D eigenvalue weighted by atomic mass is 10.1. The van der Waals surface area contributed by atoms with Crippen LogP contribution in [0, 0.1) is 20.8 Å². The zero-order valence-corrected chi connectivity index (χ0v) is 11.6. The van der Waals surface area contributed by atoms with Gasteiger partial charge >= 0.3 is 0 Å². The maximum Gasteiger partial charge on any atom is 0.0798 e. The summed E-state index contributed by atoms with van der Waals surface area (Å²) < 4.78 is 0. The fourth-order valence-electron chi connectivity index (χ4n) is 1.87. The molecule has 1 aromatic heterocycles. The van der Waals surface area contributed by atoms with Crippen molar-refractivity contribution < 1.29 is 0 Å². The Morgan fingerprint density at radius 2 is 1.94 bits per heavy atom. The first-order chi connectivity index (χ1) is 8.08. The van der Waals surface area contributed by atoms with Crippen LogP contribution in [-0.4, -0.2) is 4.98 Å². The topological polar surface area (TPSA) is 24.9 Å². The molecule has 0 bridgehead atoms. The lowest BCUT2D eigenvalue weighted by Gasteiger charge is -2.15. The molecule has 3 heteroatoms. The minimum Gasteiger partial charge on any atom is -0.378 e. The summed E-state index contributed by atoms with van der Waals surface area (Å²) in [7, 11) is 0. The lowest BCUT2D eigenvalue weighted by Crippen LogP contribution is -2.06.